The van der Waals surface area contributed by atoms with Crippen LogP contribution in [0.1, 0.15) is 83.1 Å². The third-order valence-electron chi connectivity index (χ3n) is 6.72. The topological polar surface area (TPSA) is 95.9 Å². The van der Waals surface area contributed by atoms with E-state index in [1.807, 2.05) is 52.2 Å². The minimum Gasteiger partial charge on any atom is -0.348 e. The summed E-state index contributed by atoms with van der Waals surface area (Å²) in [4.78, 5) is 28.0. The zero-order valence-electron chi connectivity index (χ0n) is 18.7. The fourth-order valence-electron chi connectivity index (χ4n) is 5.00. The van der Waals surface area contributed by atoms with Gasteiger partial charge in [-0.05, 0) is 61.9 Å². The Labute approximate surface area is 193 Å². The predicted octanol–water partition coefficient (Wildman–Crippen LogP) is 3.69. The van der Waals surface area contributed by atoms with Crippen molar-refractivity contribution in [3.63, 3.8) is 0 Å². The normalized spacial score (nSPS) is 19.0. The lowest BCUT2D eigenvalue weighted by molar-refractivity contribution is 0.0606. The Kier molecular flexibility index (Phi) is 6.24. The molecule has 1 aromatic carbocycles. The summed E-state index contributed by atoms with van der Waals surface area (Å²) in [5.74, 6) is -0.127. The van der Waals surface area contributed by atoms with Gasteiger partial charge in [-0.1, -0.05) is 25.0 Å². The maximum Gasteiger partial charge on any atom is 0.271 e. The molecule has 2 fully saturated rings. The van der Waals surface area contributed by atoms with Crippen molar-refractivity contribution in [3.8, 4) is 0 Å². The summed E-state index contributed by atoms with van der Waals surface area (Å²) >= 11 is 0. The van der Waals surface area contributed by atoms with E-state index in [1.165, 1.54) is 12.8 Å². The van der Waals surface area contributed by atoms with Crippen molar-refractivity contribution in [2.45, 2.75) is 63.6 Å². The molecular formula is C25H30N6O2. The highest BCUT2D eigenvalue weighted by Gasteiger charge is 2.31. The van der Waals surface area contributed by atoms with Crippen molar-refractivity contribution in [1.82, 2.24) is 30.2 Å². The average molecular weight is 447 g/mol. The van der Waals surface area contributed by atoms with Crippen LogP contribution in [-0.4, -0.2) is 49.3 Å². The molecule has 0 radical (unpaired) electrons. The van der Waals surface area contributed by atoms with E-state index in [0.29, 0.717) is 24.3 Å². The van der Waals surface area contributed by atoms with Crippen molar-refractivity contribution in [2.24, 2.45) is 0 Å². The maximum absolute atomic E-state index is 13.5. The number of nitrogens with zero attached hydrogens (tertiary/aromatic N) is 4. The first-order chi connectivity index (χ1) is 16.2. The fraction of sp³-hybridized carbons (Fsp3) is 0.440. The smallest absolute Gasteiger partial charge is 0.271 e. The minimum atomic E-state index is -0.135. The molecule has 172 valence electrons. The number of aromatic nitrogens is 4. The number of carbonyl (C=O) groups is 2. The van der Waals surface area contributed by atoms with Crippen molar-refractivity contribution in [3.05, 3.63) is 71.3 Å². The summed E-state index contributed by atoms with van der Waals surface area (Å²) in [6, 6.07) is 11.6. The molecule has 3 heterocycles. The standard InChI is InChI=1S/C25H30N6O2/c32-24(27-20-9-1-2-10-20)22-16-21(28-29-22)23-11-3-4-14-31(23)25(33)19-8-5-7-18(15-19)17-30-13-6-12-26-30/h5-8,12-13,15-16,20,23H,1-4,9-11,14,17H2,(H,27,32)(H,28,29)/t23-/m0/s1. The first-order valence-electron chi connectivity index (χ1n) is 11.9. The SMILES string of the molecule is O=C(NC1CCCC1)c1cc([C@@H]2CCCCN2C(=O)c2cccc(Cn3cccn3)c2)[nH]n1. The Morgan fingerprint density at radius 3 is 2.73 bits per heavy atom. The molecule has 0 unspecified atom stereocenters. The van der Waals surface area contributed by atoms with Gasteiger partial charge in [-0.3, -0.25) is 19.4 Å². The summed E-state index contributed by atoms with van der Waals surface area (Å²) in [5.41, 5.74) is 2.93. The molecule has 1 aliphatic carbocycles. The van der Waals surface area contributed by atoms with Crippen molar-refractivity contribution in [1.29, 1.82) is 0 Å². The summed E-state index contributed by atoms with van der Waals surface area (Å²) in [6.45, 7) is 1.31. The van der Waals surface area contributed by atoms with Gasteiger partial charge < -0.3 is 10.2 Å². The number of amides is 2. The number of likely N-dealkylation sites (tertiary alicyclic amines) is 1. The van der Waals surface area contributed by atoms with E-state index in [4.69, 9.17) is 0 Å². The van der Waals surface area contributed by atoms with E-state index in [9.17, 15) is 9.59 Å². The zero-order valence-corrected chi connectivity index (χ0v) is 18.7. The van der Waals surface area contributed by atoms with Crippen LogP contribution in [0.15, 0.2) is 48.8 Å². The molecule has 3 aromatic rings. The third-order valence-corrected chi connectivity index (χ3v) is 6.72. The summed E-state index contributed by atoms with van der Waals surface area (Å²) < 4.78 is 1.84. The molecule has 1 saturated carbocycles. The molecule has 2 aromatic heterocycles. The van der Waals surface area contributed by atoms with Crippen LogP contribution in [0.2, 0.25) is 0 Å². The second kappa shape index (κ2) is 9.60. The molecule has 2 N–H and O–H groups in total. The monoisotopic (exact) mass is 446 g/mol. The second-order valence-corrected chi connectivity index (χ2v) is 9.08. The number of carbonyl (C=O) groups excluding carboxylic acids is 2. The van der Waals surface area contributed by atoms with Crippen LogP contribution in [0.3, 0.4) is 0 Å². The first kappa shape index (κ1) is 21.4. The number of H-pyrrole nitrogens is 1. The molecule has 0 spiro atoms. The van der Waals surface area contributed by atoms with E-state index in [-0.39, 0.29) is 23.9 Å². The Balaban J connectivity index is 1.31. The molecule has 5 rings (SSSR count). The van der Waals surface area contributed by atoms with Crippen molar-refractivity contribution in [2.75, 3.05) is 6.54 Å². The highest BCUT2D eigenvalue weighted by molar-refractivity contribution is 5.95. The second-order valence-electron chi connectivity index (χ2n) is 9.08. The number of hydrogen-bond donors (Lipinski definition) is 2. The van der Waals surface area contributed by atoms with Gasteiger partial charge in [-0.2, -0.15) is 10.2 Å². The molecule has 33 heavy (non-hydrogen) atoms. The number of hydrogen-bond acceptors (Lipinski definition) is 4. The molecule has 8 heteroatoms. The van der Waals surface area contributed by atoms with Gasteiger partial charge in [0.05, 0.1) is 18.3 Å². The molecule has 1 atom stereocenters. The van der Waals surface area contributed by atoms with E-state index >= 15 is 0 Å². The lowest BCUT2D eigenvalue weighted by atomic mass is 9.97. The lowest BCUT2D eigenvalue weighted by Crippen LogP contribution is -2.38. The molecule has 8 nitrogen and oxygen atoms in total. The van der Waals surface area contributed by atoms with Crippen LogP contribution in [0.25, 0.3) is 0 Å². The van der Waals surface area contributed by atoms with Crippen molar-refractivity contribution >= 4 is 11.8 Å². The summed E-state index contributed by atoms with van der Waals surface area (Å²) in [5, 5.41) is 14.7. The Morgan fingerprint density at radius 2 is 1.91 bits per heavy atom. The Hall–Kier alpha value is -3.42. The van der Waals surface area contributed by atoms with Gasteiger partial charge in [0.2, 0.25) is 0 Å². The first-order valence-corrected chi connectivity index (χ1v) is 11.9. The number of nitrogens with one attached hydrogen (secondary N) is 2. The van der Waals surface area contributed by atoms with E-state index in [0.717, 1.165) is 43.4 Å². The van der Waals surface area contributed by atoms with Gasteiger partial charge in [0.25, 0.3) is 11.8 Å². The number of aromatic amines is 1. The van der Waals surface area contributed by atoms with Crippen LogP contribution in [0.4, 0.5) is 0 Å². The molecule has 0 bridgehead atoms. The summed E-state index contributed by atoms with van der Waals surface area (Å²) in [6.07, 6.45) is 10.9. The van der Waals surface area contributed by atoms with Gasteiger partial charge in [-0.15, -0.1) is 0 Å². The van der Waals surface area contributed by atoms with Crippen molar-refractivity contribution < 1.29 is 9.59 Å². The number of benzene rings is 1. The zero-order chi connectivity index (χ0) is 22.6. The van der Waals surface area contributed by atoms with E-state index < -0.39 is 0 Å². The van der Waals surface area contributed by atoms with Gasteiger partial charge in [0.1, 0.15) is 5.69 Å². The highest BCUT2D eigenvalue weighted by atomic mass is 16.2. The molecular weight excluding hydrogens is 416 g/mol. The minimum absolute atomic E-state index is 0.00794. The maximum atomic E-state index is 13.5. The van der Waals surface area contributed by atoms with E-state index in [2.05, 4.69) is 20.6 Å². The van der Waals surface area contributed by atoms with Gasteiger partial charge >= 0.3 is 0 Å². The fourth-order valence-corrected chi connectivity index (χ4v) is 5.00. The predicted molar refractivity (Wildman–Crippen MR) is 124 cm³/mol. The van der Waals surface area contributed by atoms with Crippen LogP contribution in [0.5, 0.6) is 0 Å². The van der Waals surface area contributed by atoms with Gasteiger partial charge in [0, 0.05) is 30.5 Å². The quantitative estimate of drug-likeness (QED) is 0.604. The summed E-state index contributed by atoms with van der Waals surface area (Å²) in [7, 11) is 0. The number of rotatable bonds is 6. The van der Waals surface area contributed by atoms with E-state index in [1.54, 1.807) is 6.20 Å². The van der Waals surface area contributed by atoms with Gasteiger partial charge in [0.15, 0.2) is 0 Å². The Bertz CT molecular complexity index is 1100. The van der Waals surface area contributed by atoms with Gasteiger partial charge in [-0.25, -0.2) is 0 Å². The molecule has 1 aliphatic heterocycles. The third kappa shape index (κ3) is 4.84. The lowest BCUT2D eigenvalue weighted by Gasteiger charge is -2.35. The largest absolute Gasteiger partial charge is 0.348 e. The molecule has 2 aliphatic rings. The molecule has 2 amide bonds. The van der Waals surface area contributed by atoms with Crippen LogP contribution in [0, 0.1) is 0 Å². The molecule has 1 saturated heterocycles. The number of piperidine rings is 1. The van der Waals surface area contributed by atoms with Crippen LogP contribution >= 0.6 is 0 Å². The Morgan fingerprint density at radius 1 is 1.06 bits per heavy atom. The average Bonchev–Trinajstić information content (AvgIpc) is 3.62. The highest BCUT2D eigenvalue weighted by Crippen LogP contribution is 2.31. The van der Waals surface area contributed by atoms with Crippen LogP contribution < -0.4 is 5.32 Å². The van der Waals surface area contributed by atoms with Crippen LogP contribution in [-0.2, 0) is 6.54 Å².